The van der Waals surface area contributed by atoms with E-state index in [9.17, 15) is 0 Å². The zero-order valence-electron chi connectivity index (χ0n) is 14.5. The van der Waals surface area contributed by atoms with Gasteiger partial charge in [0.1, 0.15) is 12.0 Å². The highest BCUT2D eigenvalue weighted by Gasteiger charge is 2.25. The zero-order valence-corrected chi connectivity index (χ0v) is 14.5. The average Bonchev–Trinajstić information content (AvgIpc) is 3.18. The lowest BCUT2D eigenvalue weighted by Gasteiger charge is -2.31. The monoisotopic (exact) mass is 335 g/mol. The second kappa shape index (κ2) is 5.78. The molecule has 0 aliphatic carbocycles. The summed E-state index contributed by atoms with van der Waals surface area (Å²) in [5.41, 5.74) is 11.3. The number of hydrogen-bond acceptors (Lipinski definition) is 5. The molecule has 2 aromatic heterocycles. The number of aromatic nitrogens is 3. The molecule has 3 aromatic rings. The minimum Gasteiger partial charge on any atom is -0.346 e. The second-order valence-electron chi connectivity index (χ2n) is 6.29. The maximum Gasteiger partial charge on any atom is 0.206 e. The number of rotatable bonds is 2. The number of aryl methyl sites for hydroxylation is 2. The fourth-order valence-electron chi connectivity index (χ4n) is 3.08. The van der Waals surface area contributed by atoms with Crippen LogP contribution < -0.4 is 11.1 Å². The summed E-state index contributed by atoms with van der Waals surface area (Å²) < 4.78 is 1.93. The van der Waals surface area contributed by atoms with Crippen LogP contribution in [0.1, 0.15) is 23.1 Å². The summed E-state index contributed by atoms with van der Waals surface area (Å²) in [5.74, 6) is 1.50. The van der Waals surface area contributed by atoms with Crippen molar-refractivity contribution in [2.45, 2.75) is 20.0 Å². The number of anilines is 1. The molecule has 4 rings (SSSR count). The Bertz CT molecular complexity index is 950. The highest BCUT2D eigenvalue weighted by molar-refractivity contribution is 5.96. The summed E-state index contributed by atoms with van der Waals surface area (Å²) in [6.07, 6.45) is 1.62. The lowest BCUT2D eigenvalue weighted by atomic mass is 10.2. The molecule has 0 amide bonds. The van der Waals surface area contributed by atoms with Crippen molar-refractivity contribution in [3.8, 4) is 5.69 Å². The van der Waals surface area contributed by atoms with Crippen LogP contribution in [0.5, 0.6) is 0 Å². The average molecular weight is 335 g/mol. The number of guanidine groups is 1. The van der Waals surface area contributed by atoms with Crippen LogP contribution in [0.15, 0.2) is 47.6 Å². The Balaban J connectivity index is 1.66. The summed E-state index contributed by atoms with van der Waals surface area (Å²) >= 11 is 0. The molecule has 7 heteroatoms. The number of nitrogens with two attached hydrogens (primary N) is 1. The van der Waals surface area contributed by atoms with E-state index in [1.807, 2.05) is 67.0 Å². The van der Waals surface area contributed by atoms with Crippen molar-refractivity contribution in [2.75, 3.05) is 12.4 Å². The normalized spacial score (nSPS) is 16.6. The summed E-state index contributed by atoms with van der Waals surface area (Å²) in [5, 5.41) is 7.90. The van der Waals surface area contributed by atoms with Gasteiger partial charge in [-0.2, -0.15) is 10.1 Å². The minimum atomic E-state index is -0.236. The number of aliphatic imine (C=N–C) groups is 1. The van der Waals surface area contributed by atoms with E-state index in [2.05, 4.69) is 26.5 Å². The van der Waals surface area contributed by atoms with Crippen LogP contribution in [0, 0.1) is 13.8 Å². The van der Waals surface area contributed by atoms with Gasteiger partial charge in [-0.05, 0) is 44.2 Å². The van der Waals surface area contributed by atoms with Crippen molar-refractivity contribution in [1.82, 2.24) is 19.7 Å². The molecule has 0 bridgehead atoms. The molecular weight excluding hydrogens is 314 g/mol. The van der Waals surface area contributed by atoms with Gasteiger partial charge < -0.3 is 20.9 Å². The Morgan fingerprint density at radius 2 is 2.04 bits per heavy atom. The predicted molar refractivity (Wildman–Crippen MR) is 99.2 cm³/mol. The SMILES string of the molecule is Cc1cc(C)n(-c2cccc(NC3=Nc4[nH]ccc4C(N)N3C)c2)n1. The van der Waals surface area contributed by atoms with E-state index in [1.165, 1.54) is 0 Å². The number of hydrogen-bond donors (Lipinski definition) is 3. The van der Waals surface area contributed by atoms with Gasteiger partial charge in [0.05, 0.1) is 11.4 Å². The molecule has 0 fully saturated rings. The van der Waals surface area contributed by atoms with E-state index in [0.717, 1.165) is 34.1 Å². The van der Waals surface area contributed by atoms with E-state index in [1.54, 1.807) is 0 Å². The first kappa shape index (κ1) is 15.5. The van der Waals surface area contributed by atoms with Gasteiger partial charge in [-0.3, -0.25) is 0 Å². The van der Waals surface area contributed by atoms with Crippen LogP contribution >= 0.6 is 0 Å². The summed E-state index contributed by atoms with van der Waals surface area (Å²) in [6, 6.07) is 12.1. The first-order chi connectivity index (χ1) is 12.0. The quantitative estimate of drug-likeness (QED) is 0.672. The summed E-state index contributed by atoms with van der Waals surface area (Å²) in [6.45, 7) is 4.04. The molecule has 128 valence electrons. The van der Waals surface area contributed by atoms with Gasteiger partial charge in [-0.15, -0.1) is 0 Å². The summed E-state index contributed by atoms with van der Waals surface area (Å²) in [7, 11) is 1.93. The fourth-order valence-corrected chi connectivity index (χ4v) is 3.08. The van der Waals surface area contributed by atoms with Crippen LogP contribution in [-0.2, 0) is 0 Å². The molecular formula is C18H21N7. The van der Waals surface area contributed by atoms with Crippen molar-refractivity contribution in [3.05, 3.63) is 59.5 Å². The highest BCUT2D eigenvalue weighted by Crippen LogP contribution is 2.30. The molecule has 1 unspecified atom stereocenters. The van der Waals surface area contributed by atoms with Crippen molar-refractivity contribution >= 4 is 17.5 Å². The third-order valence-corrected chi connectivity index (χ3v) is 4.40. The van der Waals surface area contributed by atoms with E-state index in [4.69, 9.17) is 5.73 Å². The van der Waals surface area contributed by atoms with Gasteiger partial charge in [0.15, 0.2) is 0 Å². The van der Waals surface area contributed by atoms with Crippen molar-refractivity contribution in [2.24, 2.45) is 10.7 Å². The molecule has 1 aromatic carbocycles. The topological polar surface area (TPSA) is 87.3 Å². The molecule has 7 nitrogen and oxygen atoms in total. The molecule has 0 saturated carbocycles. The van der Waals surface area contributed by atoms with Crippen LogP contribution in [0.3, 0.4) is 0 Å². The Morgan fingerprint density at radius 3 is 2.80 bits per heavy atom. The van der Waals surface area contributed by atoms with E-state index in [-0.39, 0.29) is 6.17 Å². The summed E-state index contributed by atoms with van der Waals surface area (Å²) in [4.78, 5) is 9.68. The molecule has 0 saturated heterocycles. The maximum atomic E-state index is 6.29. The van der Waals surface area contributed by atoms with E-state index in [0.29, 0.717) is 5.96 Å². The van der Waals surface area contributed by atoms with Gasteiger partial charge in [0, 0.05) is 30.2 Å². The Labute approximate surface area is 146 Å². The second-order valence-corrected chi connectivity index (χ2v) is 6.29. The predicted octanol–water partition coefficient (Wildman–Crippen LogP) is 2.82. The Kier molecular flexibility index (Phi) is 3.58. The number of fused-ring (bicyclic) bond motifs is 1. The first-order valence-electron chi connectivity index (χ1n) is 8.18. The molecule has 4 N–H and O–H groups in total. The van der Waals surface area contributed by atoms with E-state index >= 15 is 0 Å². The first-order valence-corrected chi connectivity index (χ1v) is 8.18. The molecule has 1 atom stereocenters. The number of nitrogens with zero attached hydrogens (tertiary/aromatic N) is 4. The minimum absolute atomic E-state index is 0.236. The molecule has 3 heterocycles. The van der Waals surface area contributed by atoms with Crippen LogP contribution in [0.25, 0.3) is 5.69 Å². The lowest BCUT2D eigenvalue weighted by molar-refractivity contribution is 0.379. The Morgan fingerprint density at radius 1 is 1.20 bits per heavy atom. The zero-order chi connectivity index (χ0) is 17.6. The van der Waals surface area contributed by atoms with Crippen LogP contribution in [-0.4, -0.2) is 32.7 Å². The number of aromatic amines is 1. The van der Waals surface area contributed by atoms with Gasteiger partial charge in [0.25, 0.3) is 0 Å². The smallest absolute Gasteiger partial charge is 0.206 e. The largest absolute Gasteiger partial charge is 0.346 e. The number of nitrogens with one attached hydrogen (secondary N) is 2. The van der Waals surface area contributed by atoms with Crippen LogP contribution in [0.4, 0.5) is 11.5 Å². The molecule has 0 radical (unpaired) electrons. The van der Waals surface area contributed by atoms with Crippen molar-refractivity contribution in [3.63, 3.8) is 0 Å². The molecule has 1 aliphatic rings. The van der Waals surface area contributed by atoms with Gasteiger partial charge in [-0.25, -0.2) is 4.68 Å². The standard InChI is InChI=1S/C18H21N7/c1-11-9-12(2)25(23-11)14-6-4-5-13(10-14)21-18-22-17-15(7-8-20-17)16(19)24(18)3/h4-10,16,20H,19H2,1-3H3,(H,21,22). The fraction of sp³-hybridized carbons (Fsp3) is 0.222. The van der Waals surface area contributed by atoms with Crippen molar-refractivity contribution < 1.29 is 0 Å². The molecule has 1 aliphatic heterocycles. The maximum absolute atomic E-state index is 6.29. The van der Waals surface area contributed by atoms with Gasteiger partial charge in [0.2, 0.25) is 5.96 Å². The molecule has 0 spiro atoms. The van der Waals surface area contributed by atoms with E-state index < -0.39 is 0 Å². The molecule has 25 heavy (non-hydrogen) atoms. The third kappa shape index (κ3) is 2.68. The van der Waals surface area contributed by atoms with Gasteiger partial charge in [-0.1, -0.05) is 6.07 Å². The third-order valence-electron chi connectivity index (χ3n) is 4.40. The number of H-pyrrole nitrogens is 1. The number of benzene rings is 1. The van der Waals surface area contributed by atoms with Crippen molar-refractivity contribution in [1.29, 1.82) is 0 Å². The highest BCUT2D eigenvalue weighted by atomic mass is 15.4. The van der Waals surface area contributed by atoms with Crippen LogP contribution in [0.2, 0.25) is 0 Å². The Hall–Kier alpha value is -3.06. The van der Waals surface area contributed by atoms with Gasteiger partial charge >= 0.3 is 0 Å². The lowest BCUT2D eigenvalue weighted by Crippen LogP contribution is -2.42.